The molecular weight excluding hydrogens is 1180 g/mol. The number of para-hydroxylation sites is 2. The number of rotatable bonds is 2. The van der Waals surface area contributed by atoms with Gasteiger partial charge in [-0.1, -0.05) is 132 Å². The summed E-state index contributed by atoms with van der Waals surface area (Å²) in [5.74, 6) is 0. The molecule has 4 aromatic carbocycles. The molecule has 0 atom stereocenters. The molecule has 8 heterocycles. The zero-order chi connectivity index (χ0) is 58.0. The third-order valence-corrected chi connectivity index (χ3v) is 11.4. The molecule has 23 heteroatoms. The van der Waals surface area contributed by atoms with Crippen LogP contribution in [0.15, 0.2) is 244 Å². The summed E-state index contributed by atoms with van der Waals surface area (Å²) in [6, 6.07) is 64.3. The topological polar surface area (TPSA) is 223 Å². The second kappa shape index (κ2) is 31.9. The first kappa shape index (κ1) is 64.9. The van der Waals surface area contributed by atoms with Crippen molar-refractivity contribution in [2.24, 2.45) is 0 Å². The summed E-state index contributed by atoms with van der Waals surface area (Å²) >= 11 is 0. The number of aryl methyl sites for hydroxylation is 2. The fourth-order valence-corrected chi connectivity index (χ4v) is 6.53. The molecular formula is C58H48F6N8O6RuS2. The fraction of sp³-hybridized carbons (Fsp3) is 0.0690. The van der Waals surface area contributed by atoms with E-state index >= 15 is 0 Å². The van der Waals surface area contributed by atoms with Crippen molar-refractivity contribution in [1.29, 1.82) is 0 Å². The van der Waals surface area contributed by atoms with Crippen LogP contribution >= 0.6 is 0 Å². The number of alkyl halides is 6. The summed E-state index contributed by atoms with van der Waals surface area (Å²) < 4.78 is 118. The molecule has 0 saturated carbocycles. The summed E-state index contributed by atoms with van der Waals surface area (Å²) in [4.78, 5) is 31.5. The first-order valence-electron chi connectivity index (χ1n) is 23.5. The van der Waals surface area contributed by atoms with E-state index in [4.69, 9.17) is 25.9 Å². The zero-order valence-corrected chi connectivity index (χ0v) is 46.0. The molecule has 0 aliphatic heterocycles. The van der Waals surface area contributed by atoms with Crippen LogP contribution in [-0.4, -0.2) is 76.8 Å². The molecule has 418 valence electrons. The Balaban J connectivity index is 0.000000201. The standard InChI is InChI=1S/2C11H8N2.2C10H8N2.2C7H8.2CHF3O3S.Ru/c2*1-2-4-10-8(3-1)9-5-6-12-7-11(9)13-10;2*1-3-7-11-9(5-1)10-6-2-4-8-12-10;2*1-7-5-3-2-4-6-7;2*2-1(3,4)8(5,6)7;/h2*1-7,13H;2*1-8H;2*2-6H,1H3;2*(H,5,6,7);/q;;;;;;;;+2/p-2. The van der Waals surface area contributed by atoms with Gasteiger partial charge in [-0.3, -0.25) is 29.9 Å². The molecule has 0 fully saturated rings. The molecule has 0 saturated heterocycles. The Morgan fingerprint density at radius 2 is 0.593 bits per heavy atom. The number of aromatic nitrogens is 8. The van der Waals surface area contributed by atoms with Crippen molar-refractivity contribution in [2.75, 3.05) is 0 Å². The van der Waals surface area contributed by atoms with Crippen LogP contribution in [0.5, 0.6) is 0 Å². The van der Waals surface area contributed by atoms with Crippen molar-refractivity contribution >= 4 is 63.8 Å². The van der Waals surface area contributed by atoms with Crippen LogP contribution in [0.1, 0.15) is 11.1 Å². The monoisotopic (exact) mass is 1230 g/mol. The molecule has 14 nitrogen and oxygen atoms in total. The molecule has 12 aromatic rings. The Morgan fingerprint density at radius 1 is 0.346 bits per heavy atom. The maximum absolute atomic E-state index is 10.7. The van der Waals surface area contributed by atoms with Crippen molar-refractivity contribution in [2.45, 2.75) is 24.9 Å². The van der Waals surface area contributed by atoms with E-state index in [1.54, 1.807) is 24.8 Å². The minimum absolute atomic E-state index is 0. The molecule has 0 unspecified atom stereocenters. The fourth-order valence-electron chi connectivity index (χ4n) is 6.53. The minimum atomic E-state index is -6.09. The number of hydrogen-bond donors (Lipinski definition) is 2. The summed E-state index contributed by atoms with van der Waals surface area (Å²) in [6.45, 7) is 4.17. The van der Waals surface area contributed by atoms with Crippen molar-refractivity contribution in [3.8, 4) is 22.8 Å². The third-order valence-electron chi connectivity index (χ3n) is 10.2. The maximum Gasteiger partial charge on any atom is 2.00 e. The van der Waals surface area contributed by atoms with Crippen LogP contribution < -0.4 is 0 Å². The zero-order valence-electron chi connectivity index (χ0n) is 42.7. The van der Waals surface area contributed by atoms with Gasteiger partial charge >= 0.3 is 30.5 Å². The smallest absolute Gasteiger partial charge is 0.741 e. The van der Waals surface area contributed by atoms with Gasteiger partial charge in [0.1, 0.15) is 0 Å². The van der Waals surface area contributed by atoms with E-state index in [2.05, 4.69) is 114 Å². The second-order valence-electron chi connectivity index (χ2n) is 16.2. The largest absolute Gasteiger partial charge is 2.00 e. The number of pyridine rings is 6. The summed E-state index contributed by atoms with van der Waals surface area (Å²) in [5, 5.41) is 5.01. The number of benzene rings is 4. The molecule has 0 aliphatic carbocycles. The molecule has 0 bridgehead atoms. The first-order chi connectivity index (χ1) is 38.1. The van der Waals surface area contributed by atoms with E-state index < -0.39 is 31.3 Å². The van der Waals surface area contributed by atoms with Gasteiger partial charge in [0.2, 0.25) is 0 Å². The Hall–Kier alpha value is -8.60. The van der Waals surface area contributed by atoms with Crippen LogP contribution in [0, 0.1) is 13.8 Å². The van der Waals surface area contributed by atoms with Gasteiger partial charge < -0.3 is 19.1 Å². The quantitative estimate of drug-likeness (QED) is 0.0714. The molecule has 2 N–H and O–H groups in total. The van der Waals surface area contributed by atoms with Crippen LogP contribution in [0.25, 0.3) is 66.4 Å². The summed E-state index contributed by atoms with van der Waals surface area (Å²) in [5.41, 5.74) is -0.444. The van der Waals surface area contributed by atoms with Crippen LogP contribution in [0.4, 0.5) is 26.3 Å². The number of H-pyrrole nitrogens is 2. The molecule has 81 heavy (non-hydrogen) atoms. The van der Waals surface area contributed by atoms with Gasteiger partial charge in [-0.15, -0.1) is 0 Å². The molecule has 12 rings (SSSR count). The van der Waals surface area contributed by atoms with E-state index in [0.29, 0.717) is 0 Å². The van der Waals surface area contributed by atoms with E-state index in [9.17, 15) is 26.3 Å². The van der Waals surface area contributed by atoms with Crippen molar-refractivity contribution in [1.82, 2.24) is 39.9 Å². The van der Waals surface area contributed by atoms with Gasteiger partial charge in [-0.05, 0) is 86.6 Å². The molecule has 0 aliphatic rings. The average Bonchev–Trinajstić information content (AvgIpc) is 4.15. The predicted octanol–water partition coefficient (Wildman–Crippen LogP) is 13.8. The number of fused-ring (bicyclic) bond motifs is 6. The first-order valence-corrected chi connectivity index (χ1v) is 26.3. The number of aromatic amines is 2. The molecule has 8 aromatic heterocycles. The molecule has 0 amide bonds. The summed E-state index contributed by atoms with van der Waals surface area (Å²) in [6.07, 6.45) is 14.4. The molecule has 0 spiro atoms. The normalized spacial score (nSPS) is 10.7. The Kier molecular flexibility index (Phi) is 25.5. The van der Waals surface area contributed by atoms with Crippen LogP contribution in [0.3, 0.4) is 0 Å². The second-order valence-corrected chi connectivity index (χ2v) is 18.9. The number of nitrogens with zero attached hydrogens (tertiary/aromatic N) is 6. The van der Waals surface area contributed by atoms with Crippen LogP contribution in [-0.2, 0) is 39.7 Å². The Labute approximate surface area is 475 Å². The minimum Gasteiger partial charge on any atom is -0.741 e. The van der Waals surface area contributed by atoms with E-state index in [1.165, 1.54) is 43.7 Å². The SMILES string of the molecule is Cc1ccccc1.Cc1ccccc1.O=S(=O)([O-])C(F)(F)F.O=S(=O)([O-])C(F)(F)F.[Ru+2].c1ccc(-c2ccccn2)nc1.c1ccc(-c2ccccn2)nc1.c1ccc2c(c1)[nH]c1cnccc12.c1ccc2c(c1)[nH]c1cnccc12. The maximum atomic E-state index is 10.7. The van der Waals surface area contributed by atoms with Gasteiger partial charge in [-0.25, -0.2) is 16.8 Å². The van der Waals surface area contributed by atoms with Gasteiger partial charge in [-0.2, -0.15) is 26.3 Å². The summed E-state index contributed by atoms with van der Waals surface area (Å²) in [7, 11) is -12.2. The van der Waals surface area contributed by atoms with Crippen molar-refractivity contribution in [3.05, 3.63) is 255 Å². The van der Waals surface area contributed by atoms with Gasteiger partial charge in [0, 0.05) is 69.8 Å². The Bertz CT molecular complexity index is 3520. The van der Waals surface area contributed by atoms with Crippen molar-refractivity contribution in [3.63, 3.8) is 0 Å². The number of nitrogens with one attached hydrogen (secondary N) is 2. The van der Waals surface area contributed by atoms with E-state index in [0.717, 1.165) is 33.8 Å². The average molecular weight is 1230 g/mol. The van der Waals surface area contributed by atoms with Gasteiger partial charge in [0.25, 0.3) is 0 Å². The van der Waals surface area contributed by atoms with Crippen LogP contribution in [0.2, 0.25) is 0 Å². The van der Waals surface area contributed by atoms with Crippen molar-refractivity contribution < 1.29 is 71.8 Å². The number of halogens is 6. The predicted molar refractivity (Wildman–Crippen MR) is 296 cm³/mol. The Morgan fingerprint density at radius 3 is 0.827 bits per heavy atom. The third kappa shape index (κ3) is 21.9. The van der Waals surface area contributed by atoms with Gasteiger partial charge in [0.15, 0.2) is 20.2 Å². The van der Waals surface area contributed by atoms with E-state index in [1.807, 2.05) is 158 Å². The van der Waals surface area contributed by atoms with Gasteiger partial charge in [0.05, 0.1) is 46.2 Å². The van der Waals surface area contributed by atoms with E-state index in [-0.39, 0.29) is 19.5 Å². The number of hydrogen-bond acceptors (Lipinski definition) is 12. The molecule has 0 radical (unpaired) electrons.